The minimum atomic E-state index is 1.49. The van der Waals surface area contributed by atoms with Crippen molar-refractivity contribution in [3.63, 3.8) is 0 Å². The fourth-order valence-electron chi connectivity index (χ4n) is 0.575. The molecule has 0 aliphatic heterocycles. The Kier molecular flexibility index (Phi) is 5.21. The monoisotopic (exact) mass is 188 g/mol. The number of hydrogen-bond acceptors (Lipinski definition) is 6. The summed E-state index contributed by atoms with van der Waals surface area (Å²) < 4.78 is 0. The lowest BCUT2D eigenvalue weighted by Crippen LogP contribution is -1.85. The minimum absolute atomic E-state index is 1.49. The lowest BCUT2D eigenvalue weighted by Gasteiger charge is -1.67. The van der Waals surface area contributed by atoms with E-state index in [4.69, 9.17) is 0 Å². The Morgan fingerprint density at radius 3 is 1.36 bits per heavy atom. The molecule has 0 fully saturated rings. The van der Waals surface area contributed by atoms with Crippen molar-refractivity contribution in [1.82, 2.24) is 31.1 Å². The third-order valence-corrected chi connectivity index (χ3v) is 1.08. The lowest BCUT2D eigenvalue weighted by atomic mass is 10.5. The summed E-state index contributed by atoms with van der Waals surface area (Å²) in [5.74, 6) is 0. The van der Waals surface area contributed by atoms with Gasteiger partial charge in [-0.05, 0) is 33.0 Å². The predicted octanol–water partition coefficient (Wildman–Crippen LogP) is 0.305. The first kappa shape index (κ1) is 9.85. The average molecular weight is 188 g/mol. The van der Waals surface area contributed by atoms with Gasteiger partial charge in [-0.25, -0.2) is 0 Å². The summed E-state index contributed by atoms with van der Waals surface area (Å²) in [6, 6.07) is 10.8. The predicted molar refractivity (Wildman–Crippen MR) is 48.5 cm³/mol. The van der Waals surface area contributed by atoms with Crippen LogP contribution in [0.25, 0.3) is 0 Å². The fraction of sp³-hybridized carbons (Fsp3) is 0. The van der Waals surface area contributed by atoms with E-state index in [-0.39, 0.29) is 0 Å². The molecule has 0 radical (unpaired) electrons. The molecular weight excluding hydrogens is 180 g/mol. The maximum absolute atomic E-state index is 3.55. The zero-order valence-electron chi connectivity index (χ0n) is 7.30. The number of rotatable bonds is 0. The summed E-state index contributed by atoms with van der Waals surface area (Å²) in [5, 5.41) is 20.3. The first-order valence-electron chi connectivity index (χ1n) is 3.85. The van der Waals surface area contributed by atoms with Gasteiger partial charge in [0.1, 0.15) is 0 Å². The summed E-state index contributed by atoms with van der Waals surface area (Å²) >= 11 is 0. The Morgan fingerprint density at radius 2 is 0.857 bits per heavy atom. The normalized spacial score (nSPS) is 8.00. The van der Waals surface area contributed by atoms with Crippen LogP contribution in [0.15, 0.2) is 48.8 Å². The van der Waals surface area contributed by atoms with E-state index in [0.29, 0.717) is 0 Å². The molecule has 1 rings (SSSR count). The van der Waals surface area contributed by atoms with Crippen molar-refractivity contribution in [2.24, 2.45) is 0 Å². The molecule has 0 saturated carbocycles. The smallest absolute Gasteiger partial charge is 0.0514 e. The summed E-state index contributed by atoms with van der Waals surface area (Å²) in [6.07, 6.45) is 2.98. The second kappa shape index (κ2) is 7.41. The Morgan fingerprint density at radius 1 is 0.429 bits per heavy atom. The summed E-state index contributed by atoms with van der Waals surface area (Å²) in [7, 11) is 0. The molecular formula is C8H8N6. The van der Waals surface area contributed by atoms with Crippen molar-refractivity contribution in [3.8, 4) is 0 Å². The van der Waals surface area contributed by atoms with Gasteiger partial charge in [-0.1, -0.05) is 24.3 Å². The van der Waals surface area contributed by atoms with Crippen LogP contribution in [0.4, 0.5) is 0 Å². The van der Waals surface area contributed by atoms with Gasteiger partial charge < -0.3 is 0 Å². The molecule has 0 spiro atoms. The highest BCUT2D eigenvalue weighted by molar-refractivity contribution is 4.91. The molecule has 14 heavy (non-hydrogen) atoms. The van der Waals surface area contributed by atoms with Gasteiger partial charge in [-0.15, -0.1) is 10.2 Å². The van der Waals surface area contributed by atoms with Gasteiger partial charge in [-0.2, -0.15) is 0 Å². The highest BCUT2D eigenvalue weighted by Gasteiger charge is 1.61. The Balaban J connectivity index is 3.00. The molecule has 1 aromatic rings. The maximum atomic E-state index is 3.55. The van der Waals surface area contributed by atoms with Crippen LogP contribution in [0, 0.1) is 0 Å². The second-order valence-corrected chi connectivity index (χ2v) is 2.04. The fourth-order valence-corrected chi connectivity index (χ4v) is 0.575. The molecule has 0 aromatic carbocycles. The zero-order valence-corrected chi connectivity index (χ0v) is 7.30. The van der Waals surface area contributed by atoms with Crippen molar-refractivity contribution in [1.29, 1.82) is 0 Å². The van der Waals surface area contributed by atoms with Crippen LogP contribution >= 0.6 is 0 Å². The van der Waals surface area contributed by atoms with E-state index in [1.54, 1.807) is 12.1 Å². The molecule has 1 heterocycles. The number of nitrogens with zero attached hydrogens (tertiary/aromatic N) is 6. The Labute approximate surface area is 80.7 Å². The molecule has 0 N–H and O–H groups in total. The van der Waals surface area contributed by atoms with Gasteiger partial charge >= 0.3 is 0 Å². The van der Waals surface area contributed by atoms with Crippen molar-refractivity contribution >= 4 is 0 Å². The maximum Gasteiger partial charge on any atom is 0.0514 e. The van der Waals surface area contributed by atoms with Crippen molar-refractivity contribution in [2.75, 3.05) is 0 Å². The van der Waals surface area contributed by atoms with Gasteiger partial charge in [0, 0.05) is 0 Å². The van der Waals surface area contributed by atoms with E-state index in [1.807, 2.05) is 24.3 Å². The first-order valence-corrected chi connectivity index (χ1v) is 3.85. The third-order valence-electron chi connectivity index (χ3n) is 1.08. The van der Waals surface area contributed by atoms with Crippen LogP contribution in [0.3, 0.4) is 0 Å². The highest BCUT2D eigenvalue weighted by Crippen LogP contribution is 1.73. The van der Waals surface area contributed by atoms with E-state index in [0.717, 1.165) is 0 Å². The van der Waals surface area contributed by atoms with Gasteiger partial charge in [0.05, 0.1) is 12.4 Å². The first-order chi connectivity index (χ1) is 7.00. The minimum Gasteiger partial charge on any atom is -0.137 e. The number of aromatic nitrogens is 6. The van der Waals surface area contributed by atoms with E-state index in [9.17, 15) is 0 Å². The molecule has 0 aliphatic rings. The Hall–Kier alpha value is -2.24. The highest BCUT2D eigenvalue weighted by atomic mass is 15.5. The standard InChI is InChI=1S/C8H8N6/c1-2-4-6-8-10-12-14-13-11-9-7-5-3-1/h1-8H. The average Bonchev–Trinajstić information content (AvgIpc) is 2.22. The molecule has 6 heteroatoms. The van der Waals surface area contributed by atoms with E-state index >= 15 is 0 Å². The second-order valence-electron chi connectivity index (χ2n) is 2.04. The quantitative estimate of drug-likeness (QED) is 0.583. The van der Waals surface area contributed by atoms with Crippen LogP contribution in [0.2, 0.25) is 0 Å². The topological polar surface area (TPSA) is 77.3 Å². The molecule has 0 amide bonds. The van der Waals surface area contributed by atoms with E-state index in [1.165, 1.54) is 12.4 Å². The van der Waals surface area contributed by atoms with Gasteiger partial charge in [-0.3, -0.25) is 0 Å². The molecule has 1 aromatic heterocycles. The molecule has 0 atom stereocenters. The van der Waals surface area contributed by atoms with Crippen molar-refractivity contribution < 1.29 is 0 Å². The van der Waals surface area contributed by atoms with Crippen LogP contribution in [-0.4, -0.2) is 31.1 Å². The molecule has 0 bridgehead atoms. The van der Waals surface area contributed by atoms with Crippen LogP contribution in [0.5, 0.6) is 0 Å². The van der Waals surface area contributed by atoms with Gasteiger partial charge in [0.25, 0.3) is 0 Å². The SMILES string of the molecule is c1ccccnnnnnnccc1. The van der Waals surface area contributed by atoms with Gasteiger partial charge in [0.2, 0.25) is 0 Å². The molecule has 0 aliphatic carbocycles. The summed E-state index contributed by atoms with van der Waals surface area (Å²) in [6.45, 7) is 0. The van der Waals surface area contributed by atoms with Crippen molar-refractivity contribution in [2.45, 2.75) is 0 Å². The third kappa shape index (κ3) is 5.42. The molecule has 6 nitrogen and oxygen atoms in total. The van der Waals surface area contributed by atoms with Gasteiger partial charge in [0.15, 0.2) is 0 Å². The number of hydrogen-bond donors (Lipinski definition) is 0. The largest absolute Gasteiger partial charge is 0.137 e. The van der Waals surface area contributed by atoms with Crippen LogP contribution in [-0.2, 0) is 0 Å². The summed E-state index contributed by atoms with van der Waals surface area (Å²) in [4.78, 5) is 0. The van der Waals surface area contributed by atoms with E-state index < -0.39 is 0 Å². The van der Waals surface area contributed by atoms with Crippen LogP contribution < -0.4 is 0 Å². The summed E-state index contributed by atoms with van der Waals surface area (Å²) in [5.41, 5.74) is 0. The molecule has 0 unspecified atom stereocenters. The van der Waals surface area contributed by atoms with Crippen molar-refractivity contribution in [3.05, 3.63) is 48.8 Å². The lowest BCUT2D eigenvalue weighted by molar-refractivity contribution is 0.695. The van der Waals surface area contributed by atoms with E-state index in [2.05, 4.69) is 31.1 Å². The zero-order chi connectivity index (χ0) is 9.90. The Bertz CT molecular complexity index is 227. The molecule has 70 valence electrons. The van der Waals surface area contributed by atoms with Crippen LogP contribution in [0.1, 0.15) is 0 Å². The molecule has 0 saturated heterocycles.